The molecule has 0 fully saturated rings. The summed E-state index contributed by atoms with van der Waals surface area (Å²) in [5.74, 6) is -1.30. The first-order valence-electron chi connectivity index (χ1n) is 5.17. The minimum Gasteiger partial charge on any atom is -0.357 e. The van der Waals surface area contributed by atoms with Crippen molar-refractivity contribution < 1.29 is 14.0 Å². The molecule has 0 bridgehead atoms. The quantitative estimate of drug-likeness (QED) is 0.827. The Morgan fingerprint density at radius 1 is 1.29 bits per heavy atom. The van der Waals surface area contributed by atoms with Gasteiger partial charge >= 0.3 is 0 Å². The summed E-state index contributed by atoms with van der Waals surface area (Å²) in [5.41, 5.74) is -0.861. The van der Waals surface area contributed by atoms with Crippen LogP contribution in [0, 0.1) is 5.82 Å². The van der Waals surface area contributed by atoms with E-state index >= 15 is 0 Å². The Morgan fingerprint density at radius 3 is 2.47 bits per heavy atom. The molecule has 0 saturated heterocycles. The molecule has 5 heteroatoms. The van der Waals surface area contributed by atoms with Crippen molar-refractivity contribution >= 4 is 11.8 Å². The molecule has 0 aliphatic heterocycles. The zero-order chi connectivity index (χ0) is 13.1. The van der Waals surface area contributed by atoms with E-state index in [1.807, 2.05) is 0 Å². The number of carbonyl (C=O) groups is 2. The molecule has 2 N–H and O–H groups in total. The third kappa shape index (κ3) is 3.27. The van der Waals surface area contributed by atoms with Crippen LogP contribution in [0.4, 0.5) is 4.39 Å². The fourth-order valence-electron chi connectivity index (χ4n) is 1.35. The van der Waals surface area contributed by atoms with Gasteiger partial charge in [0.15, 0.2) is 0 Å². The predicted octanol–water partition coefficient (Wildman–Crippen LogP) is 1.08. The van der Waals surface area contributed by atoms with E-state index in [9.17, 15) is 14.0 Å². The van der Waals surface area contributed by atoms with Gasteiger partial charge in [0.2, 0.25) is 5.91 Å². The number of rotatable bonds is 3. The first-order chi connectivity index (χ1) is 7.86. The molecule has 0 aliphatic carbocycles. The Bertz CT molecular complexity index is 444. The van der Waals surface area contributed by atoms with E-state index in [2.05, 4.69) is 10.6 Å². The highest BCUT2D eigenvalue weighted by Gasteiger charge is 2.28. The van der Waals surface area contributed by atoms with Gasteiger partial charge in [-0.3, -0.25) is 9.59 Å². The summed E-state index contributed by atoms with van der Waals surface area (Å²) in [6.45, 7) is 3.14. The second-order valence-electron chi connectivity index (χ2n) is 4.17. The number of likely N-dealkylation sites (N-methyl/N-ethyl adjacent to an activating group) is 1. The SMILES string of the molecule is CNC(=O)C(C)(C)NC(=O)c1cccc(F)c1. The summed E-state index contributed by atoms with van der Waals surface area (Å²) in [7, 11) is 1.48. The minimum absolute atomic E-state index is 0.182. The number of halogens is 1. The van der Waals surface area contributed by atoms with Gasteiger partial charge < -0.3 is 10.6 Å². The largest absolute Gasteiger partial charge is 0.357 e. The molecule has 0 radical (unpaired) electrons. The smallest absolute Gasteiger partial charge is 0.252 e. The molecular weight excluding hydrogens is 223 g/mol. The Hall–Kier alpha value is -1.91. The summed E-state index contributed by atoms with van der Waals surface area (Å²) in [6, 6.07) is 5.30. The Balaban J connectivity index is 2.83. The van der Waals surface area contributed by atoms with Gasteiger partial charge in [-0.15, -0.1) is 0 Å². The van der Waals surface area contributed by atoms with Crippen molar-refractivity contribution in [2.45, 2.75) is 19.4 Å². The second-order valence-corrected chi connectivity index (χ2v) is 4.17. The fourth-order valence-corrected chi connectivity index (χ4v) is 1.35. The summed E-state index contributed by atoms with van der Waals surface area (Å²) in [6.07, 6.45) is 0. The van der Waals surface area contributed by atoms with E-state index in [0.717, 1.165) is 6.07 Å². The molecule has 0 saturated carbocycles. The van der Waals surface area contributed by atoms with Gasteiger partial charge in [0.25, 0.3) is 5.91 Å². The number of hydrogen-bond donors (Lipinski definition) is 2. The molecule has 1 aromatic rings. The van der Waals surface area contributed by atoms with Gasteiger partial charge in [-0.25, -0.2) is 4.39 Å². The molecule has 0 aliphatic rings. The van der Waals surface area contributed by atoms with Crippen molar-refractivity contribution in [3.8, 4) is 0 Å². The normalized spacial score (nSPS) is 10.8. The van der Waals surface area contributed by atoms with Gasteiger partial charge in [-0.05, 0) is 32.0 Å². The maximum absolute atomic E-state index is 12.9. The van der Waals surface area contributed by atoms with Gasteiger partial charge in [-0.1, -0.05) is 6.07 Å². The van der Waals surface area contributed by atoms with Crippen molar-refractivity contribution in [3.63, 3.8) is 0 Å². The molecule has 1 aromatic carbocycles. The highest BCUT2D eigenvalue weighted by Crippen LogP contribution is 2.07. The topological polar surface area (TPSA) is 58.2 Å². The van der Waals surface area contributed by atoms with Crippen LogP contribution >= 0.6 is 0 Å². The van der Waals surface area contributed by atoms with Crippen LogP contribution < -0.4 is 10.6 Å². The molecule has 2 amide bonds. The van der Waals surface area contributed by atoms with Crippen molar-refractivity contribution in [1.29, 1.82) is 0 Å². The summed E-state index contributed by atoms with van der Waals surface area (Å²) in [5, 5.41) is 4.98. The van der Waals surface area contributed by atoms with E-state index < -0.39 is 17.3 Å². The Kier molecular flexibility index (Phi) is 3.83. The molecule has 4 nitrogen and oxygen atoms in total. The van der Waals surface area contributed by atoms with Crippen molar-refractivity contribution in [1.82, 2.24) is 10.6 Å². The average Bonchev–Trinajstić information content (AvgIpc) is 2.27. The Labute approximate surface area is 99.2 Å². The van der Waals surface area contributed by atoms with Gasteiger partial charge in [0.1, 0.15) is 11.4 Å². The molecule has 0 unspecified atom stereocenters. The maximum Gasteiger partial charge on any atom is 0.252 e. The molecule has 0 aromatic heterocycles. The molecule has 17 heavy (non-hydrogen) atoms. The van der Waals surface area contributed by atoms with Crippen molar-refractivity contribution in [2.24, 2.45) is 0 Å². The number of nitrogens with one attached hydrogen (secondary N) is 2. The van der Waals surface area contributed by atoms with Crippen LogP contribution in [-0.4, -0.2) is 24.4 Å². The first-order valence-corrected chi connectivity index (χ1v) is 5.17. The minimum atomic E-state index is -1.04. The zero-order valence-electron chi connectivity index (χ0n) is 10.0. The highest BCUT2D eigenvalue weighted by atomic mass is 19.1. The van der Waals surface area contributed by atoms with Crippen LogP contribution in [0.15, 0.2) is 24.3 Å². The van der Waals surface area contributed by atoms with E-state index in [-0.39, 0.29) is 11.5 Å². The molecular formula is C12H15FN2O2. The molecule has 0 heterocycles. The highest BCUT2D eigenvalue weighted by molar-refractivity contribution is 5.98. The zero-order valence-corrected chi connectivity index (χ0v) is 10.0. The number of carbonyl (C=O) groups excluding carboxylic acids is 2. The third-order valence-corrected chi connectivity index (χ3v) is 2.31. The maximum atomic E-state index is 12.9. The second kappa shape index (κ2) is 4.95. The third-order valence-electron chi connectivity index (χ3n) is 2.31. The van der Waals surface area contributed by atoms with E-state index in [1.165, 1.54) is 25.2 Å². The monoisotopic (exact) mass is 238 g/mol. The van der Waals surface area contributed by atoms with Crippen LogP contribution in [0.5, 0.6) is 0 Å². The number of hydrogen-bond acceptors (Lipinski definition) is 2. The van der Waals surface area contributed by atoms with Crippen LogP contribution in [0.1, 0.15) is 24.2 Å². The molecule has 1 rings (SSSR count). The van der Waals surface area contributed by atoms with E-state index in [0.29, 0.717) is 0 Å². The molecule has 0 atom stereocenters. The predicted molar refractivity (Wildman–Crippen MR) is 62.0 cm³/mol. The Morgan fingerprint density at radius 2 is 1.94 bits per heavy atom. The number of amides is 2. The standard InChI is InChI=1S/C12H15FN2O2/c1-12(2,11(17)14-3)15-10(16)8-5-4-6-9(13)7-8/h4-7H,1-3H3,(H,14,17)(H,15,16). The average molecular weight is 238 g/mol. The lowest BCUT2D eigenvalue weighted by atomic mass is 10.0. The van der Waals surface area contributed by atoms with Gasteiger partial charge in [0.05, 0.1) is 0 Å². The van der Waals surface area contributed by atoms with Crippen LogP contribution in [0.2, 0.25) is 0 Å². The van der Waals surface area contributed by atoms with E-state index in [1.54, 1.807) is 13.8 Å². The van der Waals surface area contributed by atoms with Gasteiger partial charge in [-0.2, -0.15) is 0 Å². The lowest BCUT2D eigenvalue weighted by Gasteiger charge is -2.24. The lowest BCUT2D eigenvalue weighted by Crippen LogP contribution is -2.53. The van der Waals surface area contributed by atoms with Crippen molar-refractivity contribution in [2.75, 3.05) is 7.05 Å². The first kappa shape index (κ1) is 13.2. The number of benzene rings is 1. The summed E-state index contributed by atoms with van der Waals surface area (Å²) < 4.78 is 12.9. The van der Waals surface area contributed by atoms with Crippen LogP contribution in [-0.2, 0) is 4.79 Å². The van der Waals surface area contributed by atoms with Crippen LogP contribution in [0.3, 0.4) is 0 Å². The summed E-state index contributed by atoms with van der Waals surface area (Å²) >= 11 is 0. The van der Waals surface area contributed by atoms with E-state index in [4.69, 9.17) is 0 Å². The molecule has 92 valence electrons. The summed E-state index contributed by atoms with van der Waals surface area (Å²) in [4.78, 5) is 23.2. The van der Waals surface area contributed by atoms with Gasteiger partial charge in [0, 0.05) is 12.6 Å². The molecule has 0 spiro atoms. The van der Waals surface area contributed by atoms with Crippen molar-refractivity contribution in [3.05, 3.63) is 35.6 Å². The fraction of sp³-hybridized carbons (Fsp3) is 0.333. The van der Waals surface area contributed by atoms with Crippen LogP contribution in [0.25, 0.3) is 0 Å². The lowest BCUT2D eigenvalue weighted by molar-refractivity contribution is -0.125.